The average molecular weight is 252 g/mol. The van der Waals surface area contributed by atoms with Crippen LogP contribution in [-0.2, 0) is 16.5 Å². The first kappa shape index (κ1) is 12.1. The minimum absolute atomic E-state index is 0.00854. The highest BCUT2D eigenvalue weighted by atomic mass is 16.6. The first-order valence-corrected chi connectivity index (χ1v) is 6.38. The Bertz CT molecular complexity index is 445. The maximum atomic E-state index is 6.06. The van der Waals surface area contributed by atoms with Gasteiger partial charge in [-0.05, 0) is 13.8 Å². The number of nitrogens with one attached hydrogen (secondary N) is 1. The van der Waals surface area contributed by atoms with Crippen LogP contribution in [0.1, 0.15) is 32.1 Å². The van der Waals surface area contributed by atoms with Gasteiger partial charge in [-0.25, -0.2) is 4.98 Å². The van der Waals surface area contributed by atoms with Gasteiger partial charge < -0.3 is 14.8 Å². The molecule has 2 saturated heterocycles. The SMILES string of the molecule is Cn1cnc(C2NCCOC23COC(C)(C)C3)n1. The molecule has 6 nitrogen and oxygen atoms in total. The predicted octanol–water partition coefficient (Wildman–Crippen LogP) is 0.414. The summed E-state index contributed by atoms with van der Waals surface area (Å²) in [5, 5.41) is 7.88. The highest BCUT2D eigenvalue weighted by Crippen LogP contribution is 2.43. The molecule has 3 rings (SSSR count). The quantitative estimate of drug-likeness (QED) is 0.784. The van der Waals surface area contributed by atoms with Gasteiger partial charge in [-0.1, -0.05) is 0 Å². The van der Waals surface area contributed by atoms with Crippen LogP contribution >= 0.6 is 0 Å². The van der Waals surface area contributed by atoms with Crippen LogP contribution in [0.25, 0.3) is 0 Å². The molecule has 2 fully saturated rings. The molecule has 0 aliphatic carbocycles. The molecular formula is C12H20N4O2. The van der Waals surface area contributed by atoms with Crippen molar-refractivity contribution in [2.75, 3.05) is 19.8 Å². The molecule has 1 spiro atoms. The van der Waals surface area contributed by atoms with Crippen molar-refractivity contribution in [2.45, 2.75) is 37.5 Å². The molecule has 2 aliphatic heterocycles. The molecule has 1 N–H and O–H groups in total. The molecule has 3 heterocycles. The zero-order valence-electron chi connectivity index (χ0n) is 11.1. The zero-order valence-corrected chi connectivity index (χ0v) is 11.1. The molecule has 0 saturated carbocycles. The second-order valence-electron chi connectivity index (χ2n) is 5.80. The Morgan fingerprint density at radius 2 is 2.28 bits per heavy atom. The summed E-state index contributed by atoms with van der Waals surface area (Å²) in [6, 6.07) is 0.00854. The molecule has 2 unspecified atom stereocenters. The summed E-state index contributed by atoms with van der Waals surface area (Å²) in [4.78, 5) is 4.36. The smallest absolute Gasteiger partial charge is 0.170 e. The van der Waals surface area contributed by atoms with Crippen LogP contribution in [0.5, 0.6) is 0 Å². The van der Waals surface area contributed by atoms with Crippen LogP contribution in [-0.4, -0.2) is 45.7 Å². The van der Waals surface area contributed by atoms with E-state index in [2.05, 4.69) is 29.2 Å². The first-order chi connectivity index (χ1) is 8.51. The molecule has 0 bridgehead atoms. The van der Waals surface area contributed by atoms with Crippen LogP contribution in [0.2, 0.25) is 0 Å². The fraction of sp³-hybridized carbons (Fsp3) is 0.833. The Kier molecular flexibility index (Phi) is 2.69. The molecule has 1 aromatic rings. The van der Waals surface area contributed by atoms with Gasteiger partial charge in [0.1, 0.15) is 18.0 Å². The van der Waals surface area contributed by atoms with E-state index in [1.165, 1.54) is 0 Å². The second kappa shape index (κ2) is 4.01. The number of rotatable bonds is 1. The monoisotopic (exact) mass is 252 g/mol. The van der Waals surface area contributed by atoms with Crippen molar-refractivity contribution >= 4 is 0 Å². The fourth-order valence-corrected chi connectivity index (χ4v) is 2.96. The van der Waals surface area contributed by atoms with Gasteiger partial charge in [-0.3, -0.25) is 4.68 Å². The number of aryl methyl sites for hydroxylation is 1. The Morgan fingerprint density at radius 1 is 1.44 bits per heavy atom. The predicted molar refractivity (Wildman–Crippen MR) is 65.1 cm³/mol. The van der Waals surface area contributed by atoms with Crippen LogP contribution in [0.3, 0.4) is 0 Å². The third kappa shape index (κ3) is 1.94. The van der Waals surface area contributed by atoms with E-state index in [1.807, 2.05) is 7.05 Å². The first-order valence-electron chi connectivity index (χ1n) is 6.38. The van der Waals surface area contributed by atoms with Crippen molar-refractivity contribution in [3.8, 4) is 0 Å². The minimum atomic E-state index is -0.330. The van der Waals surface area contributed by atoms with Gasteiger partial charge in [-0.2, -0.15) is 5.10 Å². The summed E-state index contributed by atoms with van der Waals surface area (Å²) in [7, 11) is 1.88. The molecule has 0 aromatic carbocycles. The standard InChI is InChI=1S/C12H20N4O2/c1-11(2)6-12(7-18-11)9(13-4-5-17-12)10-14-8-16(3)15-10/h8-9,13H,4-7H2,1-3H3. The molecular weight excluding hydrogens is 232 g/mol. The number of morpholine rings is 1. The summed E-state index contributed by atoms with van der Waals surface area (Å²) in [5.41, 5.74) is -0.477. The van der Waals surface area contributed by atoms with Crippen molar-refractivity contribution in [3.05, 3.63) is 12.2 Å². The summed E-state index contributed by atoms with van der Waals surface area (Å²) in [6.07, 6.45) is 2.58. The normalized spacial score (nSPS) is 35.2. The second-order valence-corrected chi connectivity index (χ2v) is 5.80. The van der Waals surface area contributed by atoms with Gasteiger partial charge in [0, 0.05) is 20.0 Å². The molecule has 18 heavy (non-hydrogen) atoms. The summed E-state index contributed by atoms with van der Waals surface area (Å²) < 4.78 is 13.6. The van der Waals surface area contributed by atoms with Gasteiger partial charge in [0.05, 0.1) is 18.8 Å². The van der Waals surface area contributed by atoms with Crippen molar-refractivity contribution in [2.24, 2.45) is 7.05 Å². The zero-order chi connectivity index (χ0) is 12.8. The average Bonchev–Trinajstić information content (AvgIpc) is 2.85. The topological polar surface area (TPSA) is 61.2 Å². The lowest BCUT2D eigenvalue weighted by Gasteiger charge is -2.39. The Labute approximate surface area is 107 Å². The summed E-state index contributed by atoms with van der Waals surface area (Å²) in [5.74, 6) is 0.790. The van der Waals surface area contributed by atoms with E-state index < -0.39 is 0 Å². The number of hydrogen-bond acceptors (Lipinski definition) is 5. The van der Waals surface area contributed by atoms with Crippen molar-refractivity contribution in [1.29, 1.82) is 0 Å². The van der Waals surface area contributed by atoms with Crippen LogP contribution in [0.15, 0.2) is 6.33 Å². The van der Waals surface area contributed by atoms with Crippen LogP contribution < -0.4 is 5.32 Å². The molecule has 0 amide bonds. The van der Waals surface area contributed by atoms with Crippen molar-refractivity contribution < 1.29 is 9.47 Å². The number of nitrogens with zero attached hydrogens (tertiary/aromatic N) is 3. The van der Waals surface area contributed by atoms with E-state index >= 15 is 0 Å². The molecule has 2 aliphatic rings. The molecule has 6 heteroatoms. The maximum Gasteiger partial charge on any atom is 0.170 e. The minimum Gasteiger partial charge on any atom is -0.372 e. The van der Waals surface area contributed by atoms with E-state index in [-0.39, 0.29) is 17.2 Å². The van der Waals surface area contributed by atoms with Gasteiger partial charge >= 0.3 is 0 Å². The lowest BCUT2D eigenvalue weighted by atomic mass is 9.85. The highest BCUT2D eigenvalue weighted by Gasteiger charge is 2.53. The molecule has 1 aromatic heterocycles. The number of hydrogen-bond donors (Lipinski definition) is 1. The van der Waals surface area contributed by atoms with E-state index in [4.69, 9.17) is 9.47 Å². The van der Waals surface area contributed by atoms with Gasteiger partial charge in [0.15, 0.2) is 5.82 Å². The van der Waals surface area contributed by atoms with E-state index in [0.717, 1.165) is 18.8 Å². The van der Waals surface area contributed by atoms with E-state index in [0.29, 0.717) is 13.2 Å². The van der Waals surface area contributed by atoms with Gasteiger partial charge in [0.2, 0.25) is 0 Å². The number of aromatic nitrogens is 3. The van der Waals surface area contributed by atoms with Crippen molar-refractivity contribution in [3.63, 3.8) is 0 Å². The van der Waals surface area contributed by atoms with E-state index in [9.17, 15) is 0 Å². The lowest BCUT2D eigenvalue weighted by molar-refractivity contribution is -0.101. The van der Waals surface area contributed by atoms with Crippen LogP contribution in [0.4, 0.5) is 0 Å². The van der Waals surface area contributed by atoms with Gasteiger partial charge in [-0.15, -0.1) is 0 Å². The number of ether oxygens (including phenoxy) is 2. The molecule has 0 radical (unpaired) electrons. The fourth-order valence-electron chi connectivity index (χ4n) is 2.96. The molecule has 100 valence electrons. The Morgan fingerprint density at radius 3 is 2.89 bits per heavy atom. The molecule has 2 atom stereocenters. The summed E-state index contributed by atoms with van der Waals surface area (Å²) in [6.45, 7) is 6.33. The highest BCUT2D eigenvalue weighted by molar-refractivity contribution is 5.11. The largest absolute Gasteiger partial charge is 0.372 e. The Hall–Kier alpha value is -0.980. The summed E-state index contributed by atoms with van der Waals surface area (Å²) >= 11 is 0. The van der Waals surface area contributed by atoms with Crippen LogP contribution in [0, 0.1) is 0 Å². The van der Waals surface area contributed by atoms with Crippen molar-refractivity contribution in [1.82, 2.24) is 20.1 Å². The van der Waals surface area contributed by atoms with E-state index in [1.54, 1.807) is 11.0 Å². The lowest BCUT2D eigenvalue weighted by Crippen LogP contribution is -2.53. The maximum absolute atomic E-state index is 6.06. The third-order valence-electron chi connectivity index (χ3n) is 3.67. The third-order valence-corrected chi connectivity index (χ3v) is 3.67. The Balaban J connectivity index is 1.91. The van der Waals surface area contributed by atoms with Gasteiger partial charge in [0.25, 0.3) is 0 Å².